The number of amides is 4. The van der Waals surface area contributed by atoms with Crippen LogP contribution >= 0.6 is 0 Å². The van der Waals surface area contributed by atoms with Crippen molar-refractivity contribution in [1.29, 1.82) is 0 Å². The minimum Gasteiger partial charge on any atom is -0.507 e. The molecule has 1 aliphatic heterocycles. The first-order chi connectivity index (χ1) is 12.4. The van der Waals surface area contributed by atoms with Gasteiger partial charge in [-0.1, -0.05) is 44.2 Å². The number of aromatic hydroxyl groups is 1. The van der Waals surface area contributed by atoms with E-state index in [-0.39, 0.29) is 11.3 Å². The van der Waals surface area contributed by atoms with E-state index in [4.69, 9.17) is 0 Å². The van der Waals surface area contributed by atoms with Gasteiger partial charge in [0.05, 0.1) is 5.69 Å². The molecule has 0 spiro atoms. The number of para-hydroxylation sites is 1. The van der Waals surface area contributed by atoms with Gasteiger partial charge < -0.3 is 5.11 Å². The molecule has 0 aromatic heterocycles. The molecule has 6 heteroatoms. The third kappa shape index (κ3) is 3.21. The van der Waals surface area contributed by atoms with Crippen LogP contribution in [0.25, 0.3) is 6.08 Å². The smallest absolute Gasteiger partial charge is 0.335 e. The number of phenols is 1. The number of imide groups is 2. The quantitative estimate of drug-likeness (QED) is 0.657. The number of nitrogens with zero attached hydrogens (tertiary/aromatic N) is 1. The maximum atomic E-state index is 12.8. The largest absolute Gasteiger partial charge is 0.507 e. The lowest BCUT2D eigenvalue weighted by molar-refractivity contribution is -0.122. The number of rotatable bonds is 3. The molecule has 0 bridgehead atoms. The molecule has 2 aromatic carbocycles. The fourth-order valence-corrected chi connectivity index (χ4v) is 2.67. The first-order valence-electron chi connectivity index (χ1n) is 8.18. The van der Waals surface area contributed by atoms with Gasteiger partial charge in [-0.05, 0) is 35.8 Å². The number of hydrogen-bond donors (Lipinski definition) is 2. The van der Waals surface area contributed by atoms with Gasteiger partial charge in [-0.15, -0.1) is 0 Å². The summed E-state index contributed by atoms with van der Waals surface area (Å²) in [6, 6.07) is 12.5. The standard InChI is InChI=1S/C20H18N2O4/c1-12(2)13-7-9-15(10-8-13)22-19(25)16(18(24)21-20(22)26)11-14-5-3-4-6-17(14)23/h3-12,23H,1-2H3,(H,21,24,26)/b16-11-. The van der Waals surface area contributed by atoms with Crippen LogP contribution in [0.1, 0.15) is 30.9 Å². The Hall–Kier alpha value is -3.41. The zero-order valence-electron chi connectivity index (χ0n) is 14.4. The Kier molecular flexibility index (Phi) is 4.58. The van der Waals surface area contributed by atoms with Crippen LogP contribution in [0.15, 0.2) is 54.1 Å². The topological polar surface area (TPSA) is 86.7 Å². The molecule has 0 saturated carbocycles. The number of benzene rings is 2. The van der Waals surface area contributed by atoms with Crippen LogP contribution in [0.4, 0.5) is 10.5 Å². The minimum atomic E-state index is -0.799. The lowest BCUT2D eigenvalue weighted by atomic mass is 10.0. The molecular weight excluding hydrogens is 332 g/mol. The lowest BCUT2D eigenvalue weighted by Crippen LogP contribution is -2.54. The van der Waals surface area contributed by atoms with Crippen LogP contribution in [0, 0.1) is 0 Å². The molecule has 0 atom stereocenters. The number of urea groups is 1. The highest BCUT2D eigenvalue weighted by Crippen LogP contribution is 2.26. The summed E-state index contributed by atoms with van der Waals surface area (Å²) in [4.78, 5) is 38.0. The van der Waals surface area contributed by atoms with E-state index in [9.17, 15) is 19.5 Å². The number of carbonyl (C=O) groups excluding carboxylic acids is 3. The summed E-state index contributed by atoms with van der Waals surface area (Å²) < 4.78 is 0. The average Bonchev–Trinajstić information content (AvgIpc) is 2.60. The molecule has 4 amide bonds. The van der Waals surface area contributed by atoms with E-state index in [1.54, 1.807) is 30.3 Å². The summed E-state index contributed by atoms with van der Waals surface area (Å²) in [6.45, 7) is 4.08. The van der Waals surface area contributed by atoms with Gasteiger partial charge in [0.15, 0.2) is 0 Å². The van der Waals surface area contributed by atoms with Crippen molar-refractivity contribution in [1.82, 2.24) is 5.32 Å². The van der Waals surface area contributed by atoms with Crippen molar-refractivity contribution in [3.63, 3.8) is 0 Å². The zero-order valence-corrected chi connectivity index (χ0v) is 14.4. The highest BCUT2D eigenvalue weighted by atomic mass is 16.3. The van der Waals surface area contributed by atoms with Gasteiger partial charge in [0.25, 0.3) is 11.8 Å². The van der Waals surface area contributed by atoms with Crippen LogP contribution < -0.4 is 10.2 Å². The highest BCUT2D eigenvalue weighted by Gasteiger charge is 2.36. The summed E-state index contributed by atoms with van der Waals surface area (Å²) in [5.41, 5.74) is 1.53. The van der Waals surface area contributed by atoms with Crippen LogP contribution in [0.5, 0.6) is 5.75 Å². The van der Waals surface area contributed by atoms with E-state index in [1.807, 2.05) is 26.0 Å². The fourth-order valence-electron chi connectivity index (χ4n) is 2.67. The fraction of sp³-hybridized carbons (Fsp3) is 0.150. The third-order valence-corrected chi connectivity index (χ3v) is 4.16. The third-order valence-electron chi connectivity index (χ3n) is 4.16. The van der Waals surface area contributed by atoms with Gasteiger partial charge in [0.2, 0.25) is 0 Å². The zero-order chi connectivity index (χ0) is 18.8. The Balaban J connectivity index is 1.99. The predicted molar refractivity (Wildman–Crippen MR) is 97.6 cm³/mol. The molecule has 6 nitrogen and oxygen atoms in total. The molecule has 3 rings (SSSR count). The summed E-state index contributed by atoms with van der Waals surface area (Å²) in [6.07, 6.45) is 1.27. The molecule has 1 aliphatic rings. The number of carbonyl (C=O) groups is 3. The molecule has 0 aliphatic carbocycles. The second-order valence-electron chi connectivity index (χ2n) is 6.26. The SMILES string of the molecule is CC(C)c1ccc(N2C(=O)NC(=O)/C(=C/c3ccccc3O)C2=O)cc1. The predicted octanol–water partition coefficient (Wildman–Crippen LogP) is 3.18. The maximum Gasteiger partial charge on any atom is 0.335 e. The molecule has 26 heavy (non-hydrogen) atoms. The normalized spacial score (nSPS) is 16.3. The molecule has 0 radical (unpaired) electrons. The Morgan fingerprint density at radius 2 is 1.65 bits per heavy atom. The summed E-state index contributed by atoms with van der Waals surface area (Å²) in [5, 5.41) is 12.0. The van der Waals surface area contributed by atoms with Crippen molar-refractivity contribution < 1.29 is 19.5 Å². The molecule has 1 heterocycles. The van der Waals surface area contributed by atoms with Gasteiger partial charge in [-0.3, -0.25) is 14.9 Å². The van der Waals surface area contributed by atoms with E-state index in [0.29, 0.717) is 17.2 Å². The molecule has 0 unspecified atom stereocenters. The first-order valence-corrected chi connectivity index (χ1v) is 8.18. The van der Waals surface area contributed by atoms with Crippen LogP contribution in [-0.2, 0) is 9.59 Å². The van der Waals surface area contributed by atoms with Crippen molar-refractivity contribution in [2.24, 2.45) is 0 Å². The van der Waals surface area contributed by atoms with Crippen molar-refractivity contribution in [2.45, 2.75) is 19.8 Å². The molecule has 1 saturated heterocycles. The number of barbiturate groups is 1. The van der Waals surface area contributed by atoms with E-state index >= 15 is 0 Å². The van der Waals surface area contributed by atoms with Gasteiger partial charge in [0, 0.05) is 5.56 Å². The minimum absolute atomic E-state index is 0.0645. The molecule has 1 fully saturated rings. The lowest BCUT2D eigenvalue weighted by Gasteiger charge is -2.26. The van der Waals surface area contributed by atoms with Crippen LogP contribution in [0.3, 0.4) is 0 Å². The Labute approximate surface area is 150 Å². The van der Waals surface area contributed by atoms with Gasteiger partial charge >= 0.3 is 6.03 Å². The van der Waals surface area contributed by atoms with Gasteiger partial charge in [0.1, 0.15) is 11.3 Å². The molecule has 2 N–H and O–H groups in total. The first kappa shape index (κ1) is 17.4. The van der Waals surface area contributed by atoms with E-state index < -0.39 is 17.8 Å². The van der Waals surface area contributed by atoms with Crippen molar-refractivity contribution in [2.75, 3.05) is 4.90 Å². The summed E-state index contributed by atoms with van der Waals surface area (Å²) >= 11 is 0. The van der Waals surface area contributed by atoms with E-state index in [1.165, 1.54) is 12.1 Å². The average molecular weight is 350 g/mol. The molecule has 2 aromatic rings. The molecule has 132 valence electrons. The number of phenolic OH excluding ortho intramolecular Hbond substituents is 1. The molecular formula is C20H18N2O4. The number of nitrogens with one attached hydrogen (secondary N) is 1. The Bertz CT molecular complexity index is 914. The maximum absolute atomic E-state index is 12.8. The second kappa shape index (κ2) is 6.84. The van der Waals surface area contributed by atoms with Crippen molar-refractivity contribution in [3.05, 3.63) is 65.2 Å². The highest BCUT2D eigenvalue weighted by molar-refractivity contribution is 6.39. The number of anilines is 1. The summed E-state index contributed by atoms with van der Waals surface area (Å²) in [7, 11) is 0. The Morgan fingerprint density at radius 1 is 1.00 bits per heavy atom. The van der Waals surface area contributed by atoms with Gasteiger partial charge in [-0.2, -0.15) is 0 Å². The second-order valence-corrected chi connectivity index (χ2v) is 6.26. The van der Waals surface area contributed by atoms with E-state index in [2.05, 4.69) is 5.32 Å². The Morgan fingerprint density at radius 3 is 2.27 bits per heavy atom. The van der Waals surface area contributed by atoms with Crippen LogP contribution in [0.2, 0.25) is 0 Å². The monoisotopic (exact) mass is 350 g/mol. The van der Waals surface area contributed by atoms with Crippen LogP contribution in [-0.4, -0.2) is 23.0 Å². The number of hydrogen-bond acceptors (Lipinski definition) is 4. The van der Waals surface area contributed by atoms with E-state index in [0.717, 1.165) is 10.5 Å². The van der Waals surface area contributed by atoms with Crippen molar-refractivity contribution in [3.8, 4) is 5.75 Å². The summed E-state index contributed by atoms with van der Waals surface area (Å²) in [5.74, 6) is -1.28. The van der Waals surface area contributed by atoms with Crippen molar-refractivity contribution >= 4 is 29.6 Å². The van der Waals surface area contributed by atoms with Gasteiger partial charge in [-0.25, -0.2) is 9.69 Å².